The van der Waals surface area contributed by atoms with E-state index in [4.69, 9.17) is 0 Å². The van der Waals surface area contributed by atoms with Crippen molar-refractivity contribution in [2.75, 3.05) is 0 Å². The molecule has 41 heavy (non-hydrogen) atoms. The summed E-state index contributed by atoms with van der Waals surface area (Å²) in [5, 5.41) is 1.49. The highest BCUT2D eigenvalue weighted by molar-refractivity contribution is 8.04. The molecule has 3 unspecified atom stereocenters. The van der Waals surface area contributed by atoms with Gasteiger partial charge < -0.3 is 0 Å². The zero-order valence-electron chi connectivity index (χ0n) is 26.0. The number of hydrogen-bond donors (Lipinski definition) is 0. The maximum atomic E-state index is 2.37. The van der Waals surface area contributed by atoms with Gasteiger partial charge >= 0.3 is 0 Å². The van der Waals surface area contributed by atoms with E-state index in [9.17, 15) is 0 Å². The second-order valence-corrected chi connectivity index (χ2v) is 15.3. The molecule has 0 radical (unpaired) electrons. The Kier molecular flexibility index (Phi) is 9.38. The van der Waals surface area contributed by atoms with E-state index in [1.54, 1.807) is 11.1 Å². The Morgan fingerprint density at radius 2 is 1.20 bits per heavy atom. The average molecular weight is 593 g/mol. The minimum atomic E-state index is 0.702. The van der Waals surface area contributed by atoms with Gasteiger partial charge in [-0.3, -0.25) is 0 Å². The molecule has 0 aromatic heterocycles. The van der Waals surface area contributed by atoms with E-state index in [1.165, 1.54) is 83.0 Å². The molecule has 5 aliphatic rings. The maximum Gasteiger partial charge on any atom is 0.0308 e. The van der Waals surface area contributed by atoms with Crippen molar-refractivity contribution >= 4 is 39.8 Å². The SMILES string of the molecule is CC1=Cc2c(-c3ccccc3)cccc2C1[SiH3].CCC1SC2=CC=C(C)C2=C1C.CCC1SC2=CC=C(C)C2=C1C. The molecular formula is C38H44S2Si. The van der Waals surface area contributed by atoms with Crippen molar-refractivity contribution in [1.82, 2.24) is 0 Å². The van der Waals surface area contributed by atoms with Crippen molar-refractivity contribution in [1.29, 1.82) is 0 Å². The molecule has 7 rings (SSSR count). The lowest BCUT2D eigenvalue weighted by Gasteiger charge is -2.10. The fraction of sp³-hybridized carbons (Fsp3) is 0.316. The van der Waals surface area contributed by atoms with E-state index < -0.39 is 0 Å². The first-order valence-electron chi connectivity index (χ1n) is 15.1. The van der Waals surface area contributed by atoms with E-state index in [0.29, 0.717) is 5.54 Å². The van der Waals surface area contributed by atoms with Crippen LogP contribution in [0, 0.1) is 0 Å². The lowest BCUT2D eigenvalue weighted by atomic mass is 9.97. The maximum absolute atomic E-state index is 2.37. The van der Waals surface area contributed by atoms with Gasteiger partial charge in [0.15, 0.2) is 0 Å². The molecule has 3 atom stereocenters. The number of rotatable bonds is 3. The Labute approximate surface area is 260 Å². The van der Waals surface area contributed by atoms with E-state index >= 15 is 0 Å². The number of fused-ring (bicyclic) bond motifs is 3. The third-order valence-electron chi connectivity index (χ3n) is 9.03. The summed E-state index contributed by atoms with van der Waals surface area (Å²) >= 11 is 4.06. The Hall–Kier alpha value is -2.46. The first-order valence-corrected chi connectivity index (χ1v) is 18.1. The fourth-order valence-electron chi connectivity index (χ4n) is 6.50. The average Bonchev–Trinajstić information content (AvgIpc) is 3.77. The minimum absolute atomic E-state index is 0.702. The minimum Gasteiger partial charge on any atom is -0.118 e. The van der Waals surface area contributed by atoms with Crippen molar-refractivity contribution < 1.29 is 0 Å². The third kappa shape index (κ3) is 5.91. The summed E-state index contributed by atoms with van der Waals surface area (Å²) in [6.07, 6.45) is 13.9. The second kappa shape index (κ2) is 12.8. The molecule has 3 aliphatic carbocycles. The zero-order valence-corrected chi connectivity index (χ0v) is 29.6. The molecule has 0 saturated heterocycles. The second-order valence-electron chi connectivity index (χ2n) is 11.7. The van der Waals surface area contributed by atoms with Crippen LogP contribution in [-0.4, -0.2) is 20.7 Å². The van der Waals surface area contributed by atoms with Crippen molar-refractivity contribution in [3.63, 3.8) is 0 Å². The largest absolute Gasteiger partial charge is 0.118 e. The highest BCUT2D eigenvalue weighted by Gasteiger charge is 2.29. The van der Waals surface area contributed by atoms with Gasteiger partial charge in [0.2, 0.25) is 0 Å². The van der Waals surface area contributed by atoms with Crippen LogP contribution in [0.15, 0.2) is 122 Å². The smallest absolute Gasteiger partial charge is 0.0308 e. The van der Waals surface area contributed by atoms with Gasteiger partial charge in [0, 0.05) is 30.6 Å². The predicted molar refractivity (Wildman–Crippen MR) is 191 cm³/mol. The molecule has 0 amide bonds. The van der Waals surface area contributed by atoms with Gasteiger partial charge in [0.25, 0.3) is 0 Å². The summed E-state index contributed by atoms with van der Waals surface area (Å²) in [4.78, 5) is 2.99. The van der Waals surface area contributed by atoms with Crippen LogP contribution in [0.25, 0.3) is 17.2 Å². The van der Waals surface area contributed by atoms with Gasteiger partial charge in [-0.2, -0.15) is 0 Å². The molecule has 2 aromatic carbocycles. The number of hydrogen-bond acceptors (Lipinski definition) is 2. The van der Waals surface area contributed by atoms with Crippen LogP contribution in [0.4, 0.5) is 0 Å². The van der Waals surface area contributed by atoms with Crippen LogP contribution in [0.2, 0.25) is 0 Å². The van der Waals surface area contributed by atoms with Crippen molar-refractivity contribution in [2.24, 2.45) is 0 Å². The van der Waals surface area contributed by atoms with Crippen molar-refractivity contribution in [2.45, 2.75) is 77.3 Å². The number of allylic oxidation sites excluding steroid dienone is 9. The lowest BCUT2D eigenvalue weighted by molar-refractivity contribution is 0.929. The molecule has 2 aliphatic heterocycles. The monoisotopic (exact) mass is 592 g/mol. The molecule has 2 aromatic rings. The lowest BCUT2D eigenvalue weighted by Crippen LogP contribution is -1.97. The van der Waals surface area contributed by atoms with Gasteiger partial charge in [0.05, 0.1) is 0 Å². The highest BCUT2D eigenvalue weighted by Crippen LogP contribution is 2.49. The van der Waals surface area contributed by atoms with Gasteiger partial charge in [-0.15, -0.1) is 23.5 Å². The van der Waals surface area contributed by atoms with E-state index in [2.05, 4.69) is 127 Å². The normalized spacial score (nSPS) is 23.5. The van der Waals surface area contributed by atoms with Crippen LogP contribution in [-0.2, 0) is 0 Å². The van der Waals surface area contributed by atoms with Crippen molar-refractivity contribution in [3.05, 3.63) is 133 Å². The summed E-state index contributed by atoms with van der Waals surface area (Å²) in [7, 11) is 1.21. The van der Waals surface area contributed by atoms with E-state index in [1.807, 2.05) is 23.5 Å². The molecule has 212 valence electrons. The van der Waals surface area contributed by atoms with Crippen LogP contribution in [0.3, 0.4) is 0 Å². The molecule has 0 saturated carbocycles. The summed E-state index contributed by atoms with van der Waals surface area (Å²) in [5.74, 6) is 0. The van der Waals surface area contributed by atoms with Gasteiger partial charge in [-0.05, 0) is 110 Å². The van der Waals surface area contributed by atoms with Crippen LogP contribution >= 0.6 is 23.5 Å². The summed E-state index contributed by atoms with van der Waals surface area (Å²) < 4.78 is 0. The molecule has 2 heterocycles. The van der Waals surface area contributed by atoms with Crippen LogP contribution in [0.1, 0.15) is 78.0 Å². The molecule has 0 N–H and O–H groups in total. The topological polar surface area (TPSA) is 0 Å². The molecule has 3 heteroatoms. The predicted octanol–water partition coefficient (Wildman–Crippen LogP) is 10.5. The standard InChI is InChI=1S/C16H16Si.2C11H14S/c1-11-10-15-13(12-6-3-2-4-7-12)8-5-9-14(15)16(11)17;2*1-4-9-8(3)11-7(2)5-6-10(11)12-9/h2-10,16H,1,17H3;2*5-6,9H,4H2,1-3H3. The van der Waals surface area contributed by atoms with Crippen LogP contribution in [0.5, 0.6) is 0 Å². The van der Waals surface area contributed by atoms with Crippen molar-refractivity contribution in [3.8, 4) is 11.1 Å². The fourth-order valence-corrected chi connectivity index (χ4v) is 9.88. The van der Waals surface area contributed by atoms with E-state index in [0.717, 1.165) is 10.5 Å². The zero-order chi connectivity index (χ0) is 29.3. The first kappa shape index (κ1) is 30.0. The van der Waals surface area contributed by atoms with Gasteiger partial charge in [-0.25, -0.2) is 0 Å². The summed E-state index contributed by atoms with van der Waals surface area (Å²) in [5.41, 5.74) is 17.0. The van der Waals surface area contributed by atoms with Crippen LogP contribution < -0.4 is 0 Å². The Balaban J connectivity index is 0.000000127. The molecule has 0 spiro atoms. The Bertz CT molecular complexity index is 1490. The molecule has 0 fully saturated rings. The number of benzene rings is 2. The molecular weight excluding hydrogens is 549 g/mol. The third-order valence-corrected chi connectivity index (χ3v) is 13.7. The highest BCUT2D eigenvalue weighted by atomic mass is 32.2. The summed E-state index contributed by atoms with van der Waals surface area (Å²) in [6.45, 7) is 15.8. The quantitative estimate of drug-likeness (QED) is 0.325. The Morgan fingerprint density at radius 1 is 0.659 bits per heavy atom. The number of thioether (sulfide) groups is 2. The Morgan fingerprint density at radius 3 is 1.68 bits per heavy atom. The molecule has 0 bridgehead atoms. The summed E-state index contributed by atoms with van der Waals surface area (Å²) in [6, 6.07) is 17.4. The van der Waals surface area contributed by atoms with Gasteiger partial charge in [0.1, 0.15) is 0 Å². The van der Waals surface area contributed by atoms with Gasteiger partial charge in [-0.1, -0.05) is 97.3 Å². The molecule has 0 nitrogen and oxygen atoms in total. The first-order chi connectivity index (χ1) is 19.7. The van der Waals surface area contributed by atoms with E-state index in [-0.39, 0.29) is 0 Å².